The summed E-state index contributed by atoms with van der Waals surface area (Å²) in [7, 11) is 1.33. The lowest BCUT2D eigenvalue weighted by molar-refractivity contribution is -0.140. The van der Waals surface area contributed by atoms with Crippen molar-refractivity contribution in [1.29, 1.82) is 0 Å². The van der Waals surface area contributed by atoms with Gasteiger partial charge >= 0.3 is 18.0 Å². The van der Waals surface area contributed by atoms with Crippen LogP contribution >= 0.6 is 0 Å². The minimum Gasteiger partial charge on any atom is -0.480 e. The molecule has 1 amide bonds. The molecular formula is C30H32N2O6. The lowest BCUT2D eigenvalue weighted by Crippen LogP contribution is -2.25. The van der Waals surface area contributed by atoms with Crippen molar-refractivity contribution in [2.45, 2.75) is 39.7 Å². The molecule has 1 aliphatic carbocycles. The van der Waals surface area contributed by atoms with E-state index >= 15 is 0 Å². The molecule has 0 saturated heterocycles. The fraction of sp³-hybridized carbons (Fsp3) is 0.300. The molecule has 0 bridgehead atoms. The van der Waals surface area contributed by atoms with Gasteiger partial charge < -0.3 is 19.9 Å². The van der Waals surface area contributed by atoms with Gasteiger partial charge in [0.25, 0.3) is 0 Å². The average molecular weight is 517 g/mol. The largest absolute Gasteiger partial charge is 0.480 e. The van der Waals surface area contributed by atoms with Gasteiger partial charge in [-0.2, -0.15) is 0 Å². The number of hydrogen-bond acceptors (Lipinski definition) is 6. The Morgan fingerprint density at radius 2 is 1.45 bits per heavy atom. The van der Waals surface area contributed by atoms with Gasteiger partial charge in [-0.3, -0.25) is 14.9 Å². The van der Waals surface area contributed by atoms with E-state index in [1.807, 2.05) is 45.0 Å². The van der Waals surface area contributed by atoms with Crippen molar-refractivity contribution < 1.29 is 29.0 Å². The van der Waals surface area contributed by atoms with E-state index in [0.717, 1.165) is 50.1 Å². The Morgan fingerprint density at radius 3 is 2.03 bits per heavy atom. The number of ether oxygens (including phenoxy) is 2. The Hall–Kier alpha value is -4.17. The third-order valence-electron chi connectivity index (χ3n) is 7.26. The van der Waals surface area contributed by atoms with E-state index in [4.69, 9.17) is 14.6 Å². The molecule has 0 aliphatic heterocycles. The molecule has 0 spiro atoms. The lowest BCUT2D eigenvalue weighted by Gasteiger charge is -2.23. The first-order chi connectivity index (χ1) is 18.2. The zero-order chi connectivity index (χ0) is 27.4. The molecule has 3 N–H and O–H groups in total. The summed E-state index contributed by atoms with van der Waals surface area (Å²) in [5.74, 6) is -1.45. The molecule has 1 aliphatic rings. The van der Waals surface area contributed by atoms with Crippen molar-refractivity contribution in [3.8, 4) is 11.1 Å². The SMILES string of the molecule is COC(=O)Cc1c(C)c(CNCC(=O)O)c(C)c(NC(=O)OCC2c3ccccc3-c3ccccc32)c1C. The Kier molecular flexibility index (Phi) is 8.12. The fourth-order valence-corrected chi connectivity index (χ4v) is 5.29. The molecule has 0 saturated carbocycles. The number of methoxy groups -OCH3 is 1. The predicted octanol–water partition coefficient (Wildman–Crippen LogP) is 4.86. The van der Waals surface area contributed by atoms with Gasteiger partial charge in [-0.25, -0.2) is 4.79 Å². The van der Waals surface area contributed by atoms with Gasteiger partial charge in [0.2, 0.25) is 0 Å². The van der Waals surface area contributed by atoms with Gasteiger partial charge in [-0.1, -0.05) is 48.5 Å². The average Bonchev–Trinajstić information content (AvgIpc) is 3.23. The number of nitrogens with one attached hydrogen (secondary N) is 2. The maximum Gasteiger partial charge on any atom is 0.411 e. The highest BCUT2D eigenvalue weighted by molar-refractivity contribution is 5.89. The van der Waals surface area contributed by atoms with Gasteiger partial charge in [-0.05, 0) is 70.8 Å². The standard InChI is InChI=1S/C30H32N2O6/c1-17-24(13-28(35)37-4)18(2)29(19(3)25(17)14-31-15-27(33)34)32-30(36)38-16-26-22-11-7-5-9-20(22)21-10-6-8-12-23(21)26/h5-12,26,31H,13-16H2,1-4H3,(H,32,36)(H,33,34). The summed E-state index contributed by atoms with van der Waals surface area (Å²) in [5, 5.41) is 14.8. The Morgan fingerprint density at radius 1 is 0.868 bits per heavy atom. The molecule has 3 aromatic carbocycles. The van der Waals surface area contributed by atoms with Crippen LogP contribution < -0.4 is 10.6 Å². The third kappa shape index (κ3) is 5.40. The summed E-state index contributed by atoms with van der Waals surface area (Å²) in [4.78, 5) is 36.2. The molecule has 38 heavy (non-hydrogen) atoms. The topological polar surface area (TPSA) is 114 Å². The van der Waals surface area contributed by atoms with Crippen LogP contribution in [0.25, 0.3) is 11.1 Å². The van der Waals surface area contributed by atoms with Crippen LogP contribution in [-0.4, -0.2) is 43.4 Å². The van der Waals surface area contributed by atoms with Crippen molar-refractivity contribution in [3.63, 3.8) is 0 Å². The molecular weight excluding hydrogens is 484 g/mol. The van der Waals surface area contributed by atoms with E-state index in [1.54, 1.807) is 0 Å². The van der Waals surface area contributed by atoms with E-state index in [1.165, 1.54) is 7.11 Å². The smallest absolute Gasteiger partial charge is 0.411 e. The minimum absolute atomic E-state index is 0.0275. The van der Waals surface area contributed by atoms with Crippen LogP contribution in [0.2, 0.25) is 0 Å². The summed E-state index contributed by atoms with van der Waals surface area (Å²) >= 11 is 0. The minimum atomic E-state index is -0.973. The maximum absolute atomic E-state index is 13.1. The number of hydrogen-bond donors (Lipinski definition) is 3. The molecule has 0 radical (unpaired) electrons. The van der Waals surface area contributed by atoms with Crippen molar-refractivity contribution in [1.82, 2.24) is 5.32 Å². The van der Waals surface area contributed by atoms with Crippen molar-refractivity contribution in [3.05, 3.63) is 87.5 Å². The van der Waals surface area contributed by atoms with E-state index in [2.05, 4.69) is 34.9 Å². The first-order valence-electron chi connectivity index (χ1n) is 12.5. The Bertz CT molecular complexity index is 1350. The zero-order valence-electron chi connectivity index (χ0n) is 22.0. The van der Waals surface area contributed by atoms with Crippen LogP contribution in [0.5, 0.6) is 0 Å². The highest BCUT2D eigenvalue weighted by Crippen LogP contribution is 2.44. The number of anilines is 1. The fourth-order valence-electron chi connectivity index (χ4n) is 5.29. The van der Waals surface area contributed by atoms with Crippen molar-refractivity contribution in [2.24, 2.45) is 0 Å². The number of rotatable bonds is 9. The Balaban J connectivity index is 1.58. The quantitative estimate of drug-likeness (QED) is 0.348. The van der Waals surface area contributed by atoms with Gasteiger partial charge in [0.1, 0.15) is 6.61 Å². The van der Waals surface area contributed by atoms with Crippen LogP contribution in [0.4, 0.5) is 10.5 Å². The molecule has 0 fully saturated rings. The molecule has 3 aromatic rings. The van der Waals surface area contributed by atoms with Crippen LogP contribution in [-0.2, 0) is 32.0 Å². The molecule has 0 aromatic heterocycles. The van der Waals surface area contributed by atoms with E-state index in [0.29, 0.717) is 5.69 Å². The maximum atomic E-state index is 13.1. The van der Waals surface area contributed by atoms with E-state index in [-0.39, 0.29) is 32.0 Å². The van der Waals surface area contributed by atoms with Crippen LogP contribution in [0.1, 0.15) is 44.9 Å². The first-order valence-corrected chi connectivity index (χ1v) is 12.5. The molecule has 4 rings (SSSR count). The molecule has 198 valence electrons. The summed E-state index contributed by atoms with van der Waals surface area (Å²) in [5.41, 5.74) is 8.98. The normalized spacial score (nSPS) is 12.0. The highest BCUT2D eigenvalue weighted by Gasteiger charge is 2.29. The highest BCUT2D eigenvalue weighted by atomic mass is 16.5. The monoisotopic (exact) mass is 516 g/mol. The number of benzene rings is 3. The first kappa shape index (κ1) is 26.9. The molecule has 8 nitrogen and oxygen atoms in total. The van der Waals surface area contributed by atoms with E-state index in [9.17, 15) is 14.4 Å². The number of carbonyl (C=O) groups is 3. The van der Waals surface area contributed by atoms with Crippen LogP contribution in [0, 0.1) is 20.8 Å². The summed E-state index contributed by atoms with van der Waals surface area (Å²) < 4.78 is 10.6. The lowest BCUT2D eigenvalue weighted by atomic mass is 9.89. The number of carbonyl (C=O) groups excluding carboxylic acids is 2. The summed E-state index contributed by atoms with van der Waals surface area (Å²) in [6.45, 7) is 5.80. The van der Waals surface area contributed by atoms with Crippen molar-refractivity contribution in [2.75, 3.05) is 25.6 Å². The van der Waals surface area contributed by atoms with Gasteiger partial charge in [0, 0.05) is 12.5 Å². The summed E-state index contributed by atoms with van der Waals surface area (Å²) in [6, 6.07) is 16.3. The molecule has 0 unspecified atom stereocenters. The third-order valence-corrected chi connectivity index (χ3v) is 7.26. The van der Waals surface area contributed by atoms with Gasteiger partial charge in [0.15, 0.2) is 0 Å². The summed E-state index contributed by atoms with van der Waals surface area (Å²) in [6.07, 6.45) is -0.574. The number of amides is 1. The second-order valence-electron chi connectivity index (χ2n) is 9.41. The number of fused-ring (bicyclic) bond motifs is 3. The second-order valence-corrected chi connectivity index (χ2v) is 9.41. The zero-order valence-corrected chi connectivity index (χ0v) is 22.0. The van der Waals surface area contributed by atoms with Gasteiger partial charge in [-0.15, -0.1) is 0 Å². The van der Waals surface area contributed by atoms with Crippen LogP contribution in [0.3, 0.4) is 0 Å². The second kappa shape index (κ2) is 11.5. The number of carboxylic acids is 1. The van der Waals surface area contributed by atoms with Crippen molar-refractivity contribution >= 4 is 23.7 Å². The van der Waals surface area contributed by atoms with Gasteiger partial charge in [0.05, 0.1) is 25.8 Å². The van der Waals surface area contributed by atoms with Crippen LogP contribution in [0.15, 0.2) is 48.5 Å². The number of aliphatic carboxylic acids is 1. The molecule has 0 heterocycles. The molecule has 0 atom stereocenters. The Labute approximate surface area is 222 Å². The molecule has 8 heteroatoms. The predicted molar refractivity (Wildman–Crippen MR) is 144 cm³/mol. The number of carboxylic acid groups (broad SMARTS) is 1. The number of esters is 1. The van der Waals surface area contributed by atoms with E-state index < -0.39 is 18.0 Å².